The molecule has 3 aromatic rings. The summed E-state index contributed by atoms with van der Waals surface area (Å²) in [6.07, 6.45) is 3.02. The molecule has 11 nitrogen and oxygen atoms in total. The van der Waals surface area contributed by atoms with E-state index < -0.39 is 11.6 Å². The normalized spacial score (nSPS) is 16.9. The Morgan fingerprint density at radius 2 is 1.73 bits per heavy atom. The van der Waals surface area contributed by atoms with Crippen LogP contribution in [0.4, 0.5) is 5.69 Å². The number of carbonyl (C=O) groups excluding carboxylic acids is 2. The van der Waals surface area contributed by atoms with Crippen molar-refractivity contribution in [3.8, 4) is 33.8 Å². The summed E-state index contributed by atoms with van der Waals surface area (Å²) in [5.41, 5.74) is 3.96. The molecule has 1 unspecified atom stereocenters. The fourth-order valence-corrected chi connectivity index (χ4v) is 5.87. The number of anilines is 1. The number of carbonyl (C=O) groups is 2. The van der Waals surface area contributed by atoms with Gasteiger partial charge in [-0.3, -0.25) is 14.4 Å². The molecule has 2 N–H and O–H groups in total. The molecule has 11 heteroatoms. The molecule has 0 radical (unpaired) electrons. The highest BCUT2D eigenvalue weighted by Gasteiger charge is 2.36. The van der Waals surface area contributed by atoms with E-state index in [2.05, 4.69) is 12.2 Å². The van der Waals surface area contributed by atoms with Crippen LogP contribution in [0.1, 0.15) is 78.7 Å². The van der Waals surface area contributed by atoms with Gasteiger partial charge in [-0.15, -0.1) is 0 Å². The first kappa shape index (κ1) is 35.5. The smallest absolute Gasteiger partial charge is 0.227 e. The lowest BCUT2D eigenvalue weighted by atomic mass is 9.98. The molecule has 2 amide bonds. The predicted molar refractivity (Wildman–Crippen MR) is 182 cm³/mol. The van der Waals surface area contributed by atoms with Crippen LogP contribution < -0.4 is 25.1 Å². The number of hydrogen-bond acceptors (Lipinski definition) is 9. The first-order valence-corrected chi connectivity index (χ1v) is 16.9. The van der Waals surface area contributed by atoms with Crippen molar-refractivity contribution in [2.75, 3.05) is 37.9 Å². The second kappa shape index (κ2) is 15.2. The maximum Gasteiger partial charge on any atom is 0.227 e. The summed E-state index contributed by atoms with van der Waals surface area (Å²) < 4.78 is 29.0. The van der Waals surface area contributed by atoms with Crippen molar-refractivity contribution < 1.29 is 38.4 Å². The van der Waals surface area contributed by atoms with Gasteiger partial charge >= 0.3 is 0 Å². The van der Waals surface area contributed by atoms with Gasteiger partial charge in [-0.25, -0.2) is 0 Å². The van der Waals surface area contributed by atoms with Gasteiger partial charge < -0.3 is 39.0 Å². The van der Waals surface area contributed by atoms with Crippen LogP contribution in [0.25, 0.3) is 22.3 Å². The maximum atomic E-state index is 14.0. The Bertz CT molecular complexity index is 1600. The van der Waals surface area contributed by atoms with Crippen molar-refractivity contribution in [2.24, 2.45) is 0 Å². The molecule has 260 valence electrons. The number of nitrogens with one attached hydrogen (secondary N) is 1. The molecule has 3 aromatic carbocycles. The highest BCUT2D eigenvalue weighted by molar-refractivity contribution is 6.05. The summed E-state index contributed by atoms with van der Waals surface area (Å²) >= 11 is 0. The van der Waals surface area contributed by atoms with E-state index in [9.17, 15) is 19.5 Å². The van der Waals surface area contributed by atoms with Gasteiger partial charge in [0.15, 0.2) is 17.0 Å². The van der Waals surface area contributed by atoms with Crippen LogP contribution in [-0.4, -0.2) is 67.6 Å². The summed E-state index contributed by atoms with van der Waals surface area (Å²) in [4.78, 5) is 41.3. The van der Waals surface area contributed by atoms with Crippen LogP contribution >= 0.6 is 0 Å². The lowest BCUT2D eigenvalue weighted by Crippen LogP contribution is -2.32. The Labute approximate surface area is 282 Å². The highest BCUT2D eigenvalue weighted by Crippen LogP contribution is 2.46. The SMILES string of the molecule is CCCCNC(=O)CCCC(=O)N1Cc2cc(OCCCOC(C)(C)O)ccc2-c2c(c2=O)-c2ccc(OCC3COC(C)(C)O3)cc21. The molecule has 0 aromatic heterocycles. The van der Waals surface area contributed by atoms with Gasteiger partial charge in [0.1, 0.15) is 24.2 Å². The largest absolute Gasteiger partial charge is 0.493 e. The number of nitrogens with zero attached hydrogens (tertiary/aromatic N) is 1. The maximum absolute atomic E-state index is 14.0. The molecule has 2 heterocycles. The van der Waals surface area contributed by atoms with Gasteiger partial charge in [0.2, 0.25) is 11.8 Å². The van der Waals surface area contributed by atoms with E-state index in [1.54, 1.807) is 30.9 Å². The molecule has 0 bridgehead atoms. The minimum Gasteiger partial charge on any atom is -0.493 e. The van der Waals surface area contributed by atoms with Crippen LogP contribution in [0.3, 0.4) is 0 Å². The van der Waals surface area contributed by atoms with Crippen molar-refractivity contribution >= 4 is 17.5 Å². The van der Waals surface area contributed by atoms with Crippen molar-refractivity contribution in [3.63, 3.8) is 0 Å². The molecular formula is C37H48N2O9. The molecule has 1 fully saturated rings. The van der Waals surface area contributed by atoms with E-state index >= 15 is 0 Å². The van der Waals surface area contributed by atoms with E-state index in [0.29, 0.717) is 73.1 Å². The summed E-state index contributed by atoms with van der Waals surface area (Å²) in [6, 6.07) is 11.0. The summed E-state index contributed by atoms with van der Waals surface area (Å²) in [7, 11) is 0. The summed E-state index contributed by atoms with van der Waals surface area (Å²) in [6.45, 7) is 11.1. The number of hydrogen-bond donors (Lipinski definition) is 2. The first-order chi connectivity index (χ1) is 22.8. The second-order valence-corrected chi connectivity index (χ2v) is 13.4. The van der Waals surface area contributed by atoms with Crippen molar-refractivity contribution in [2.45, 2.75) is 97.4 Å². The quantitative estimate of drug-likeness (QED) is 0.156. The van der Waals surface area contributed by atoms with E-state index in [4.69, 9.17) is 23.7 Å². The fourth-order valence-electron chi connectivity index (χ4n) is 5.87. The minimum absolute atomic E-state index is 0.0552. The number of aliphatic hydroxyl groups is 1. The summed E-state index contributed by atoms with van der Waals surface area (Å²) in [5, 5.41) is 12.7. The van der Waals surface area contributed by atoms with Gasteiger partial charge in [0, 0.05) is 48.6 Å². The Balaban J connectivity index is 1.37. The molecular weight excluding hydrogens is 616 g/mol. The molecule has 0 spiro atoms. The zero-order chi connectivity index (χ0) is 34.5. The van der Waals surface area contributed by atoms with Crippen LogP contribution in [-0.2, 0) is 30.3 Å². The highest BCUT2D eigenvalue weighted by atomic mass is 16.7. The fraction of sp³-hybridized carbons (Fsp3) is 0.541. The number of ether oxygens (including phenoxy) is 5. The third-order valence-corrected chi connectivity index (χ3v) is 8.31. The van der Waals surface area contributed by atoms with E-state index in [1.807, 2.05) is 38.1 Å². The van der Waals surface area contributed by atoms with Crippen LogP contribution in [0, 0.1) is 0 Å². The molecule has 1 saturated heterocycles. The topological polar surface area (TPSA) is 133 Å². The zero-order valence-electron chi connectivity index (χ0n) is 28.7. The van der Waals surface area contributed by atoms with E-state index in [0.717, 1.165) is 24.0 Å². The van der Waals surface area contributed by atoms with Gasteiger partial charge in [-0.1, -0.05) is 19.4 Å². The van der Waals surface area contributed by atoms with E-state index in [1.165, 1.54) is 0 Å². The van der Waals surface area contributed by atoms with Crippen LogP contribution in [0.15, 0.2) is 41.2 Å². The molecule has 0 aliphatic carbocycles. The Kier molecular flexibility index (Phi) is 11.2. The second-order valence-electron chi connectivity index (χ2n) is 13.4. The molecule has 1 atom stereocenters. The van der Waals surface area contributed by atoms with Gasteiger partial charge in [-0.05, 0) is 75.9 Å². The molecule has 0 saturated carbocycles. The van der Waals surface area contributed by atoms with Crippen molar-refractivity contribution in [1.29, 1.82) is 0 Å². The predicted octanol–water partition coefficient (Wildman–Crippen LogP) is 5.23. The van der Waals surface area contributed by atoms with Gasteiger partial charge in [0.25, 0.3) is 0 Å². The van der Waals surface area contributed by atoms with Crippen molar-refractivity contribution in [3.05, 3.63) is 52.2 Å². The Morgan fingerprint density at radius 1 is 1.00 bits per heavy atom. The number of benzene rings is 2. The Hall–Kier alpha value is -3.77. The number of amides is 2. The molecule has 5 rings (SSSR count). The lowest BCUT2D eigenvalue weighted by molar-refractivity contribution is -0.176. The zero-order valence-corrected chi connectivity index (χ0v) is 28.7. The first-order valence-electron chi connectivity index (χ1n) is 16.9. The van der Waals surface area contributed by atoms with Crippen molar-refractivity contribution in [1.82, 2.24) is 5.32 Å². The summed E-state index contributed by atoms with van der Waals surface area (Å²) in [5.74, 6) is -0.983. The molecule has 2 aliphatic rings. The Morgan fingerprint density at radius 3 is 2.44 bits per heavy atom. The molecule has 2 aliphatic heterocycles. The average molecular weight is 665 g/mol. The minimum atomic E-state index is -1.21. The van der Waals surface area contributed by atoms with Crippen LogP contribution in [0.2, 0.25) is 0 Å². The number of fused-ring (bicyclic) bond motifs is 5. The standard InChI is InChI=1S/C37H48N2O9/c1-6-7-16-38-31(40)10-8-11-32(41)39-21-24-19-25(44-17-9-18-46-36(2,3)43)12-14-28(24)33-34(35(33)42)29-15-13-26(20-30(29)39)45-22-27-23-47-37(4,5)48-27/h12-15,19-20,27,43H,6-11,16-18,21-23H2,1-5H3,(H,38,40). The number of rotatable bonds is 16. The van der Waals surface area contributed by atoms with Gasteiger partial charge in [0.05, 0.1) is 32.1 Å². The van der Waals surface area contributed by atoms with Gasteiger partial charge in [-0.2, -0.15) is 0 Å². The number of unbranched alkanes of at least 4 members (excludes halogenated alkanes) is 1. The lowest BCUT2D eigenvalue weighted by Gasteiger charge is -2.28. The molecule has 48 heavy (non-hydrogen) atoms. The average Bonchev–Trinajstić information content (AvgIpc) is 3.54. The monoisotopic (exact) mass is 664 g/mol. The third kappa shape index (κ3) is 9.22. The van der Waals surface area contributed by atoms with Crippen LogP contribution in [0.5, 0.6) is 11.5 Å². The third-order valence-electron chi connectivity index (χ3n) is 8.31. The van der Waals surface area contributed by atoms with E-state index in [-0.39, 0.29) is 49.3 Å².